The van der Waals surface area contributed by atoms with Gasteiger partial charge in [-0.3, -0.25) is 0 Å². The van der Waals surface area contributed by atoms with Gasteiger partial charge in [0.2, 0.25) is 5.95 Å². The lowest BCUT2D eigenvalue weighted by Crippen LogP contribution is -2.10. The van der Waals surface area contributed by atoms with E-state index in [1.807, 2.05) is 0 Å². The van der Waals surface area contributed by atoms with Crippen LogP contribution in [0.15, 0.2) is 12.4 Å². The zero-order valence-electron chi connectivity index (χ0n) is 9.07. The molecule has 0 radical (unpaired) electrons. The lowest BCUT2D eigenvalue weighted by molar-refractivity contribution is 0.315. The molecule has 0 aromatic carbocycles. The van der Waals surface area contributed by atoms with Gasteiger partial charge in [-0.05, 0) is 19.4 Å². The molecule has 0 saturated heterocycles. The van der Waals surface area contributed by atoms with Crippen molar-refractivity contribution in [2.24, 2.45) is 5.73 Å². The van der Waals surface area contributed by atoms with Gasteiger partial charge < -0.3 is 15.8 Å². The zero-order chi connectivity index (χ0) is 10.9. The fraction of sp³-hybridized carbons (Fsp3) is 0.600. The molecule has 15 heavy (non-hydrogen) atoms. The number of rotatable bonds is 7. The van der Waals surface area contributed by atoms with Crippen molar-refractivity contribution in [3.8, 4) is 5.75 Å². The summed E-state index contributed by atoms with van der Waals surface area (Å²) in [6.07, 6.45) is 5.24. The second-order valence-corrected chi connectivity index (χ2v) is 3.16. The molecule has 3 N–H and O–H groups in total. The van der Waals surface area contributed by atoms with Gasteiger partial charge in [-0.1, -0.05) is 6.92 Å². The van der Waals surface area contributed by atoms with E-state index in [1.54, 1.807) is 12.4 Å². The van der Waals surface area contributed by atoms with E-state index in [2.05, 4.69) is 22.2 Å². The topological polar surface area (TPSA) is 73.1 Å². The number of aromatic nitrogens is 2. The van der Waals surface area contributed by atoms with Gasteiger partial charge in [0, 0.05) is 6.54 Å². The van der Waals surface area contributed by atoms with Crippen LogP contribution in [0.4, 0.5) is 5.95 Å². The average Bonchev–Trinajstić information content (AvgIpc) is 2.28. The van der Waals surface area contributed by atoms with E-state index in [0.717, 1.165) is 19.4 Å². The summed E-state index contributed by atoms with van der Waals surface area (Å²) in [5.41, 5.74) is 5.37. The number of ether oxygens (including phenoxy) is 1. The maximum Gasteiger partial charge on any atom is 0.222 e. The molecule has 1 heterocycles. The first-order chi connectivity index (χ1) is 7.36. The Hall–Kier alpha value is -1.36. The Morgan fingerprint density at radius 3 is 2.73 bits per heavy atom. The van der Waals surface area contributed by atoms with Crippen LogP contribution >= 0.6 is 0 Å². The third-order valence-corrected chi connectivity index (χ3v) is 1.77. The molecule has 0 atom stereocenters. The predicted molar refractivity (Wildman–Crippen MR) is 60.0 cm³/mol. The normalized spacial score (nSPS) is 10.0. The van der Waals surface area contributed by atoms with E-state index in [4.69, 9.17) is 10.5 Å². The van der Waals surface area contributed by atoms with Gasteiger partial charge in [0.1, 0.15) is 0 Å². The summed E-state index contributed by atoms with van der Waals surface area (Å²) < 4.78 is 5.36. The smallest absolute Gasteiger partial charge is 0.222 e. The zero-order valence-corrected chi connectivity index (χ0v) is 9.07. The number of hydrogen-bond donors (Lipinski definition) is 2. The lowest BCUT2D eigenvalue weighted by atomic mass is 10.4. The van der Waals surface area contributed by atoms with Crippen molar-refractivity contribution in [2.75, 3.05) is 25.0 Å². The molecular formula is C10H18N4O. The highest BCUT2D eigenvalue weighted by atomic mass is 16.5. The number of nitrogens with two attached hydrogens (primary N) is 1. The van der Waals surface area contributed by atoms with E-state index in [1.165, 1.54) is 0 Å². The van der Waals surface area contributed by atoms with Crippen molar-refractivity contribution in [2.45, 2.75) is 19.8 Å². The van der Waals surface area contributed by atoms with E-state index < -0.39 is 0 Å². The van der Waals surface area contributed by atoms with Crippen LogP contribution in [0, 0.1) is 0 Å². The fourth-order valence-corrected chi connectivity index (χ4v) is 1.00. The van der Waals surface area contributed by atoms with Crippen molar-refractivity contribution < 1.29 is 4.74 Å². The van der Waals surface area contributed by atoms with Crippen molar-refractivity contribution >= 4 is 5.95 Å². The summed E-state index contributed by atoms with van der Waals surface area (Å²) in [5, 5.41) is 3.07. The van der Waals surface area contributed by atoms with E-state index in [-0.39, 0.29) is 0 Å². The molecule has 0 bridgehead atoms. The number of nitrogens with zero attached hydrogens (tertiary/aromatic N) is 2. The molecule has 0 unspecified atom stereocenters. The largest absolute Gasteiger partial charge is 0.490 e. The molecule has 0 aliphatic rings. The molecule has 0 fully saturated rings. The Bertz CT molecular complexity index is 263. The monoisotopic (exact) mass is 210 g/mol. The van der Waals surface area contributed by atoms with Gasteiger partial charge in [0.05, 0.1) is 19.0 Å². The summed E-state index contributed by atoms with van der Waals surface area (Å²) in [6.45, 7) is 4.23. The highest BCUT2D eigenvalue weighted by molar-refractivity contribution is 5.26. The van der Waals surface area contributed by atoms with Crippen LogP contribution in [0.2, 0.25) is 0 Å². The first-order valence-corrected chi connectivity index (χ1v) is 5.25. The van der Waals surface area contributed by atoms with Gasteiger partial charge in [0.15, 0.2) is 5.75 Å². The first-order valence-electron chi connectivity index (χ1n) is 5.25. The molecule has 1 aromatic rings. The van der Waals surface area contributed by atoms with Crippen molar-refractivity contribution in [3.63, 3.8) is 0 Å². The summed E-state index contributed by atoms with van der Waals surface area (Å²) in [5.74, 6) is 1.33. The predicted octanol–water partition coefficient (Wildman–Crippen LogP) is 1.03. The minimum Gasteiger partial charge on any atom is -0.490 e. The molecule has 5 heteroatoms. The molecule has 0 spiro atoms. The van der Waals surface area contributed by atoms with Gasteiger partial charge in [-0.2, -0.15) is 0 Å². The van der Waals surface area contributed by atoms with Crippen LogP contribution in [0.5, 0.6) is 5.75 Å². The summed E-state index contributed by atoms with van der Waals surface area (Å²) in [4.78, 5) is 8.23. The molecule has 0 saturated carbocycles. The second kappa shape index (κ2) is 7.00. The minimum atomic E-state index is 0.618. The molecular weight excluding hydrogens is 192 g/mol. The van der Waals surface area contributed by atoms with E-state index >= 15 is 0 Å². The molecule has 0 amide bonds. The molecule has 1 aromatic heterocycles. The molecule has 0 aliphatic carbocycles. The standard InChI is InChI=1S/C10H18N4O/c1-2-6-15-9-7-13-10(14-8-9)12-5-3-4-11/h7-8H,2-6,11H2,1H3,(H,12,13,14). The third kappa shape index (κ3) is 4.60. The number of anilines is 1. The van der Waals surface area contributed by atoms with Crippen LogP contribution in [0.1, 0.15) is 19.8 Å². The molecule has 0 aliphatic heterocycles. The minimum absolute atomic E-state index is 0.618. The SMILES string of the molecule is CCCOc1cnc(NCCCN)nc1. The molecule has 5 nitrogen and oxygen atoms in total. The Morgan fingerprint density at radius 1 is 1.40 bits per heavy atom. The van der Waals surface area contributed by atoms with Crippen molar-refractivity contribution in [3.05, 3.63) is 12.4 Å². The van der Waals surface area contributed by atoms with Gasteiger partial charge in [0.25, 0.3) is 0 Å². The Morgan fingerprint density at radius 2 is 2.13 bits per heavy atom. The lowest BCUT2D eigenvalue weighted by Gasteiger charge is -2.05. The Balaban J connectivity index is 2.35. The van der Waals surface area contributed by atoms with Crippen LogP contribution in [-0.4, -0.2) is 29.7 Å². The first kappa shape index (κ1) is 11.7. The van der Waals surface area contributed by atoms with Gasteiger partial charge >= 0.3 is 0 Å². The summed E-state index contributed by atoms with van der Waals surface area (Å²) in [6, 6.07) is 0. The highest BCUT2D eigenvalue weighted by Gasteiger charge is 1.96. The van der Waals surface area contributed by atoms with Gasteiger partial charge in [-0.25, -0.2) is 9.97 Å². The Labute approximate surface area is 90.1 Å². The van der Waals surface area contributed by atoms with Crippen LogP contribution in [0.3, 0.4) is 0 Å². The maximum atomic E-state index is 5.37. The van der Waals surface area contributed by atoms with Crippen LogP contribution < -0.4 is 15.8 Å². The van der Waals surface area contributed by atoms with Crippen LogP contribution in [0.25, 0.3) is 0 Å². The van der Waals surface area contributed by atoms with Crippen molar-refractivity contribution in [1.29, 1.82) is 0 Å². The quantitative estimate of drug-likeness (QED) is 0.657. The number of nitrogens with one attached hydrogen (secondary N) is 1. The molecule has 1 rings (SSSR count). The summed E-state index contributed by atoms with van der Waals surface area (Å²) in [7, 11) is 0. The molecule has 84 valence electrons. The van der Waals surface area contributed by atoms with E-state index in [9.17, 15) is 0 Å². The van der Waals surface area contributed by atoms with Gasteiger partial charge in [-0.15, -0.1) is 0 Å². The second-order valence-electron chi connectivity index (χ2n) is 3.16. The van der Waals surface area contributed by atoms with E-state index in [0.29, 0.717) is 24.8 Å². The Kier molecular flexibility index (Phi) is 5.47. The fourth-order valence-electron chi connectivity index (χ4n) is 1.00. The average molecular weight is 210 g/mol. The number of hydrogen-bond acceptors (Lipinski definition) is 5. The van der Waals surface area contributed by atoms with Crippen molar-refractivity contribution in [1.82, 2.24) is 9.97 Å². The maximum absolute atomic E-state index is 5.37. The van der Waals surface area contributed by atoms with Crippen LogP contribution in [-0.2, 0) is 0 Å². The summed E-state index contributed by atoms with van der Waals surface area (Å²) >= 11 is 0. The third-order valence-electron chi connectivity index (χ3n) is 1.77. The highest BCUT2D eigenvalue weighted by Crippen LogP contribution is 2.08.